The van der Waals surface area contributed by atoms with Crippen LogP contribution in [0.15, 0.2) is 12.4 Å². The van der Waals surface area contributed by atoms with Crippen LogP contribution in [0.5, 0.6) is 0 Å². The van der Waals surface area contributed by atoms with Crippen molar-refractivity contribution in [2.24, 2.45) is 0 Å². The quantitative estimate of drug-likeness (QED) is 0.807. The summed E-state index contributed by atoms with van der Waals surface area (Å²) in [6.45, 7) is 1.77. The Morgan fingerprint density at radius 1 is 1.62 bits per heavy atom. The van der Waals surface area contributed by atoms with E-state index in [9.17, 15) is 4.79 Å². The molecule has 0 bridgehead atoms. The fraction of sp³-hybridized carbons (Fsp3) is 0.375. The molecule has 1 aromatic heterocycles. The Balaban J connectivity index is 3.04. The highest BCUT2D eigenvalue weighted by Crippen LogP contribution is 2.22. The minimum atomic E-state index is -0.926. The predicted octanol–water partition coefficient (Wildman–Crippen LogP) is 1.71. The van der Waals surface area contributed by atoms with Gasteiger partial charge in [-0.2, -0.15) is 0 Å². The molecular weight excluding hydrogens is 192 g/mol. The maximum Gasteiger partial charge on any atom is 0.312 e. The van der Waals surface area contributed by atoms with Gasteiger partial charge in [0.05, 0.1) is 5.69 Å². The Labute approximate surface area is 80.6 Å². The van der Waals surface area contributed by atoms with Crippen LogP contribution < -0.4 is 0 Å². The smallest absolute Gasteiger partial charge is 0.312 e. The number of hydrogen-bond donors (Lipinski definition) is 1. The Bertz CT molecular complexity index is 317. The molecule has 1 heterocycles. The van der Waals surface area contributed by atoms with Crippen molar-refractivity contribution in [1.82, 2.24) is 9.97 Å². The van der Waals surface area contributed by atoms with Crippen molar-refractivity contribution >= 4 is 17.6 Å². The van der Waals surface area contributed by atoms with E-state index in [-0.39, 0.29) is 5.15 Å². The lowest BCUT2D eigenvalue weighted by Gasteiger charge is -2.08. The second-order valence-electron chi connectivity index (χ2n) is 2.53. The molecule has 1 unspecified atom stereocenters. The lowest BCUT2D eigenvalue weighted by atomic mass is 10.0. The van der Waals surface area contributed by atoms with Crippen molar-refractivity contribution in [1.29, 1.82) is 0 Å². The Morgan fingerprint density at radius 3 is 2.69 bits per heavy atom. The van der Waals surface area contributed by atoms with Crippen molar-refractivity contribution in [3.05, 3.63) is 23.2 Å². The predicted molar refractivity (Wildman–Crippen MR) is 47.7 cm³/mol. The molecule has 1 aromatic rings. The first-order chi connectivity index (χ1) is 6.16. The first-order valence-corrected chi connectivity index (χ1v) is 4.23. The molecule has 0 fully saturated rings. The molecule has 4 nitrogen and oxygen atoms in total. The molecule has 5 heteroatoms. The van der Waals surface area contributed by atoms with Gasteiger partial charge in [-0.1, -0.05) is 18.5 Å². The summed E-state index contributed by atoms with van der Waals surface area (Å²) in [6, 6.07) is 0. The van der Waals surface area contributed by atoms with E-state index in [2.05, 4.69) is 9.97 Å². The van der Waals surface area contributed by atoms with Gasteiger partial charge in [0.2, 0.25) is 0 Å². The molecule has 0 amide bonds. The van der Waals surface area contributed by atoms with Gasteiger partial charge in [-0.05, 0) is 6.42 Å². The summed E-state index contributed by atoms with van der Waals surface area (Å²) in [5, 5.41) is 8.99. The molecule has 70 valence electrons. The molecule has 0 aliphatic carbocycles. The van der Waals surface area contributed by atoms with Crippen molar-refractivity contribution in [2.45, 2.75) is 19.3 Å². The molecular formula is C8H9ClN2O2. The topological polar surface area (TPSA) is 63.1 Å². The molecule has 0 saturated heterocycles. The number of carbonyl (C=O) groups is 1. The molecule has 0 spiro atoms. The highest BCUT2D eigenvalue weighted by atomic mass is 35.5. The number of aromatic nitrogens is 2. The zero-order chi connectivity index (χ0) is 9.84. The fourth-order valence-corrected chi connectivity index (χ4v) is 1.29. The third kappa shape index (κ3) is 2.15. The molecule has 0 radical (unpaired) electrons. The summed E-state index contributed by atoms with van der Waals surface area (Å²) in [4.78, 5) is 18.4. The summed E-state index contributed by atoms with van der Waals surface area (Å²) in [5.41, 5.74) is 0.333. The van der Waals surface area contributed by atoms with Crippen LogP contribution in [0, 0.1) is 0 Å². The van der Waals surface area contributed by atoms with Crippen LogP contribution in [0.4, 0.5) is 0 Å². The zero-order valence-corrected chi connectivity index (χ0v) is 7.82. The summed E-state index contributed by atoms with van der Waals surface area (Å²) >= 11 is 5.70. The molecule has 0 aliphatic rings. The van der Waals surface area contributed by atoms with E-state index in [4.69, 9.17) is 16.7 Å². The van der Waals surface area contributed by atoms with E-state index in [0.717, 1.165) is 0 Å². The zero-order valence-electron chi connectivity index (χ0n) is 7.07. The molecule has 0 aliphatic heterocycles. The molecule has 0 saturated carbocycles. The van der Waals surface area contributed by atoms with E-state index < -0.39 is 11.9 Å². The van der Waals surface area contributed by atoms with Crippen LogP contribution in [0.3, 0.4) is 0 Å². The van der Waals surface area contributed by atoms with E-state index in [0.29, 0.717) is 12.1 Å². The highest BCUT2D eigenvalue weighted by molar-refractivity contribution is 6.30. The number of nitrogens with zero attached hydrogens (tertiary/aromatic N) is 2. The summed E-state index contributed by atoms with van der Waals surface area (Å²) in [6.07, 6.45) is 3.32. The van der Waals surface area contributed by atoms with E-state index in [1.165, 1.54) is 12.4 Å². The van der Waals surface area contributed by atoms with Gasteiger partial charge in [-0.25, -0.2) is 4.98 Å². The summed E-state index contributed by atoms with van der Waals surface area (Å²) in [5.74, 6) is -1.59. The van der Waals surface area contributed by atoms with Gasteiger partial charge in [0.1, 0.15) is 5.92 Å². The SMILES string of the molecule is CCC(C(=O)O)c1nccnc1Cl. The monoisotopic (exact) mass is 200 g/mol. The third-order valence-electron chi connectivity index (χ3n) is 1.72. The first kappa shape index (κ1) is 9.92. The van der Waals surface area contributed by atoms with Gasteiger partial charge in [0.15, 0.2) is 5.15 Å². The van der Waals surface area contributed by atoms with Crippen molar-refractivity contribution in [3.63, 3.8) is 0 Å². The van der Waals surface area contributed by atoms with Crippen LogP contribution in [-0.4, -0.2) is 21.0 Å². The Morgan fingerprint density at radius 2 is 2.23 bits per heavy atom. The second-order valence-corrected chi connectivity index (χ2v) is 2.89. The minimum Gasteiger partial charge on any atom is -0.481 e. The largest absolute Gasteiger partial charge is 0.481 e. The van der Waals surface area contributed by atoms with Crippen LogP contribution >= 0.6 is 11.6 Å². The molecule has 1 atom stereocenters. The van der Waals surface area contributed by atoms with Crippen LogP contribution in [-0.2, 0) is 4.79 Å². The summed E-state index contributed by atoms with van der Waals surface area (Å²) in [7, 11) is 0. The van der Waals surface area contributed by atoms with Crippen molar-refractivity contribution in [2.75, 3.05) is 0 Å². The van der Waals surface area contributed by atoms with Gasteiger partial charge in [-0.3, -0.25) is 9.78 Å². The maximum absolute atomic E-state index is 10.8. The molecule has 1 rings (SSSR count). The van der Waals surface area contributed by atoms with Gasteiger partial charge >= 0.3 is 5.97 Å². The Hall–Kier alpha value is -1.16. The van der Waals surface area contributed by atoms with Crippen LogP contribution in [0.2, 0.25) is 5.15 Å². The average Bonchev–Trinajstić information content (AvgIpc) is 2.09. The molecule has 13 heavy (non-hydrogen) atoms. The molecule has 0 aromatic carbocycles. The second kappa shape index (κ2) is 4.18. The fourth-order valence-electron chi connectivity index (χ4n) is 1.05. The van der Waals surface area contributed by atoms with Crippen LogP contribution in [0.1, 0.15) is 25.0 Å². The highest BCUT2D eigenvalue weighted by Gasteiger charge is 2.21. The van der Waals surface area contributed by atoms with Gasteiger partial charge in [-0.15, -0.1) is 0 Å². The standard InChI is InChI=1S/C8H9ClN2O2/c1-2-5(8(12)13)6-7(9)11-4-3-10-6/h3-5H,2H2,1H3,(H,12,13). The Kier molecular flexibility index (Phi) is 3.19. The third-order valence-corrected chi connectivity index (χ3v) is 2.01. The number of carboxylic acids is 1. The lowest BCUT2D eigenvalue weighted by Crippen LogP contribution is -2.13. The normalized spacial score (nSPS) is 12.5. The van der Waals surface area contributed by atoms with E-state index >= 15 is 0 Å². The number of aliphatic carboxylic acids is 1. The van der Waals surface area contributed by atoms with Crippen LogP contribution in [0.25, 0.3) is 0 Å². The molecule has 1 N–H and O–H groups in total. The van der Waals surface area contributed by atoms with Gasteiger partial charge < -0.3 is 5.11 Å². The maximum atomic E-state index is 10.8. The van der Waals surface area contributed by atoms with Crippen molar-refractivity contribution < 1.29 is 9.90 Å². The average molecular weight is 201 g/mol. The van der Waals surface area contributed by atoms with E-state index in [1.54, 1.807) is 6.92 Å². The summed E-state index contributed by atoms with van der Waals surface area (Å²) < 4.78 is 0. The van der Waals surface area contributed by atoms with E-state index in [1.807, 2.05) is 0 Å². The van der Waals surface area contributed by atoms with Gasteiger partial charge in [0.25, 0.3) is 0 Å². The number of carboxylic acid groups (broad SMARTS) is 1. The first-order valence-electron chi connectivity index (χ1n) is 3.86. The lowest BCUT2D eigenvalue weighted by molar-refractivity contribution is -0.138. The number of hydrogen-bond acceptors (Lipinski definition) is 3. The minimum absolute atomic E-state index is 0.164. The number of rotatable bonds is 3. The van der Waals surface area contributed by atoms with Crippen molar-refractivity contribution in [3.8, 4) is 0 Å². The number of halogens is 1. The van der Waals surface area contributed by atoms with Gasteiger partial charge in [0, 0.05) is 12.4 Å².